The maximum Gasteiger partial charge on any atom is 0.309 e. The SMILES string of the molecule is CCNC(=NCc1cc(F)ccc1Br)N1CCC(C(=O)OCC)CC1. The summed E-state index contributed by atoms with van der Waals surface area (Å²) in [6.07, 6.45) is 1.51. The van der Waals surface area contributed by atoms with Crippen molar-refractivity contribution in [2.45, 2.75) is 33.2 Å². The first-order valence-corrected chi connectivity index (χ1v) is 9.48. The quantitative estimate of drug-likeness (QED) is 0.456. The maximum absolute atomic E-state index is 13.4. The van der Waals surface area contributed by atoms with Gasteiger partial charge in [0.2, 0.25) is 0 Å². The van der Waals surface area contributed by atoms with E-state index in [1.807, 2.05) is 13.8 Å². The minimum absolute atomic E-state index is 0.0311. The van der Waals surface area contributed by atoms with Crippen LogP contribution in [0.2, 0.25) is 0 Å². The smallest absolute Gasteiger partial charge is 0.309 e. The lowest BCUT2D eigenvalue weighted by Crippen LogP contribution is -2.46. The topological polar surface area (TPSA) is 53.9 Å². The Balaban J connectivity index is 2.01. The molecule has 0 aromatic heterocycles. The third kappa shape index (κ3) is 5.70. The highest BCUT2D eigenvalue weighted by Crippen LogP contribution is 2.21. The Kier molecular flexibility index (Phi) is 7.68. The van der Waals surface area contributed by atoms with Crippen LogP contribution in [0.25, 0.3) is 0 Å². The van der Waals surface area contributed by atoms with Crippen LogP contribution in [0.5, 0.6) is 0 Å². The number of likely N-dealkylation sites (tertiary alicyclic amines) is 1. The average Bonchev–Trinajstić information content (AvgIpc) is 2.61. The molecule has 1 saturated heterocycles. The van der Waals surface area contributed by atoms with E-state index in [4.69, 9.17) is 4.74 Å². The molecule has 138 valence electrons. The number of aliphatic imine (C=N–C) groups is 1. The van der Waals surface area contributed by atoms with Gasteiger partial charge >= 0.3 is 5.97 Å². The first-order chi connectivity index (χ1) is 12.0. The van der Waals surface area contributed by atoms with Crippen LogP contribution in [-0.2, 0) is 16.1 Å². The fourth-order valence-corrected chi connectivity index (χ4v) is 3.21. The number of carbonyl (C=O) groups is 1. The highest BCUT2D eigenvalue weighted by Gasteiger charge is 2.27. The minimum Gasteiger partial charge on any atom is -0.466 e. The van der Waals surface area contributed by atoms with Gasteiger partial charge in [-0.25, -0.2) is 9.38 Å². The van der Waals surface area contributed by atoms with Gasteiger partial charge in [-0.1, -0.05) is 15.9 Å². The Labute approximate surface area is 156 Å². The summed E-state index contributed by atoms with van der Waals surface area (Å²) in [5.74, 6) is 0.388. The van der Waals surface area contributed by atoms with Gasteiger partial charge in [0, 0.05) is 24.1 Å². The van der Waals surface area contributed by atoms with Crippen LogP contribution in [0, 0.1) is 11.7 Å². The van der Waals surface area contributed by atoms with E-state index < -0.39 is 0 Å². The summed E-state index contributed by atoms with van der Waals surface area (Å²) in [5.41, 5.74) is 0.803. The summed E-state index contributed by atoms with van der Waals surface area (Å²) in [5, 5.41) is 3.28. The molecule has 0 radical (unpaired) electrons. The standard InChI is InChI=1S/C18H25BrFN3O2/c1-3-21-18(22-12-14-11-15(20)5-6-16(14)19)23-9-7-13(8-10-23)17(24)25-4-2/h5-6,11,13H,3-4,7-10,12H2,1-2H3,(H,21,22). The summed E-state index contributed by atoms with van der Waals surface area (Å²) in [7, 11) is 0. The van der Waals surface area contributed by atoms with Gasteiger partial charge in [-0.2, -0.15) is 0 Å². The molecule has 0 spiro atoms. The molecular weight excluding hydrogens is 389 g/mol. The lowest BCUT2D eigenvalue weighted by molar-refractivity contribution is -0.149. The average molecular weight is 414 g/mol. The van der Waals surface area contributed by atoms with Crippen LogP contribution in [0.3, 0.4) is 0 Å². The lowest BCUT2D eigenvalue weighted by Gasteiger charge is -2.33. The molecule has 1 aliphatic heterocycles. The predicted molar refractivity (Wildman–Crippen MR) is 99.8 cm³/mol. The number of hydrogen-bond acceptors (Lipinski definition) is 3. The van der Waals surface area contributed by atoms with E-state index in [1.165, 1.54) is 12.1 Å². The normalized spacial score (nSPS) is 16.0. The van der Waals surface area contributed by atoms with E-state index in [0.717, 1.165) is 48.5 Å². The molecule has 25 heavy (non-hydrogen) atoms. The molecule has 0 unspecified atom stereocenters. The minimum atomic E-state index is -0.270. The third-order valence-corrected chi connectivity index (χ3v) is 4.93. The Morgan fingerprint density at radius 2 is 2.12 bits per heavy atom. The van der Waals surface area contributed by atoms with Crippen molar-refractivity contribution in [3.05, 3.63) is 34.1 Å². The van der Waals surface area contributed by atoms with Crippen LogP contribution >= 0.6 is 15.9 Å². The van der Waals surface area contributed by atoms with Crippen molar-refractivity contribution in [1.82, 2.24) is 10.2 Å². The number of rotatable bonds is 5. The fourth-order valence-electron chi connectivity index (χ4n) is 2.84. The molecule has 1 aliphatic rings. The monoisotopic (exact) mass is 413 g/mol. The first-order valence-electron chi connectivity index (χ1n) is 8.69. The van der Waals surface area contributed by atoms with Crippen molar-refractivity contribution in [2.75, 3.05) is 26.2 Å². The van der Waals surface area contributed by atoms with Crippen molar-refractivity contribution < 1.29 is 13.9 Å². The van der Waals surface area contributed by atoms with Gasteiger partial charge in [-0.3, -0.25) is 4.79 Å². The number of hydrogen-bond donors (Lipinski definition) is 1. The molecule has 1 aromatic carbocycles. The van der Waals surface area contributed by atoms with Gasteiger partial charge in [-0.15, -0.1) is 0 Å². The summed E-state index contributed by atoms with van der Waals surface area (Å²) >= 11 is 3.43. The van der Waals surface area contributed by atoms with Crippen LogP contribution in [0.4, 0.5) is 4.39 Å². The van der Waals surface area contributed by atoms with E-state index in [-0.39, 0.29) is 17.7 Å². The molecule has 1 heterocycles. The second-order valence-corrected chi connectivity index (χ2v) is 6.77. The highest BCUT2D eigenvalue weighted by molar-refractivity contribution is 9.10. The maximum atomic E-state index is 13.4. The molecule has 0 amide bonds. The highest BCUT2D eigenvalue weighted by atomic mass is 79.9. The van der Waals surface area contributed by atoms with Crippen LogP contribution in [-0.4, -0.2) is 43.1 Å². The zero-order valence-corrected chi connectivity index (χ0v) is 16.3. The number of nitrogens with one attached hydrogen (secondary N) is 1. The van der Waals surface area contributed by atoms with Crippen molar-refractivity contribution in [1.29, 1.82) is 0 Å². The predicted octanol–water partition coefficient (Wildman–Crippen LogP) is 3.33. The Morgan fingerprint density at radius 3 is 2.76 bits per heavy atom. The zero-order chi connectivity index (χ0) is 18.2. The van der Waals surface area contributed by atoms with E-state index in [2.05, 4.69) is 31.1 Å². The molecule has 7 heteroatoms. The van der Waals surface area contributed by atoms with Crippen LogP contribution in [0.1, 0.15) is 32.3 Å². The summed E-state index contributed by atoms with van der Waals surface area (Å²) in [6, 6.07) is 4.60. The second-order valence-electron chi connectivity index (χ2n) is 5.92. The Bertz CT molecular complexity index is 616. The number of ether oxygens (including phenoxy) is 1. The molecule has 1 fully saturated rings. The Hall–Kier alpha value is -1.63. The number of piperidine rings is 1. The van der Waals surface area contributed by atoms with Crippen LogP contribution in [0.15, 0.2) is 27.7 Å². The molecule has 0 atom stereocenters. The largest absolute Gasteiger partial charge is 0.466 e. The third-order valence-electron chi connectivity index (χ3n) is 4.16. The molecular formula is C18H25BrFN3O2. The van der Waals surface area contributed by atoms with Gasteiger partial charge in [0.15, 0.2) is 5.96 Å². The van der Waals surface area contributed by atoms with Gasteiger partial charge in [0.25, 0.3) is 0 Å². The van der Waals surface area contributed by atoms with Gasteiger partial charge in [-0.05, 0) is 50.5 Å². The summed E-state index contributed by atoms with van der Waals surface area (Å²) in [6.45, 7) is 6.90. The molecule has 1 aromatic rings. The summed E-state index contributed by atoms with van der Waals surface area (Å²) in [4.78, 5) is 18.6. The number of guanidine groups is 1. The lowest BCUT2D eigenvalue weighted by atomic mass is 9.97. The number of benzene rings is 1. The number of halogens is 2. The van der Waals surface area contributed by atoms with Gasteiger partial charge in [0.1, 0.15) is 5.82 Å². The number of carbonyl (C=O) groups excluding carboxylic acids is 1. The molecule has 5 nitrogen and oxygen atoms in total. The first kappa shape index (κ1) is 19.7. The molecule has 0 aliphatic carbocycles. The van der Waals surface area contributed by atoms with Crippen molar-refractivity contribution >= 4 is 27.9 Å². The van der Waals surface area contributed by atoms with Crippen molar-refractivity contribution in [3.63, 3.8) is 0 Å². The number of esters is 1. The van der Waals surface area contributed by atoms with E-state index in [0.29, 0.717) is 13.2 Å². The van der Waals surface area contributed by atoms with E-state index >= 15 is 0 Å². The second kappa shape index (κ2) is 9.75. The van der Waals surface area contributed by atoms with E-state index in [9.17, 15) is 9.18 Å². The Morgan fingerprint density at radius 1 is 1.40 bits per heavy atom. The fraction of sp³-hybridized carbons (Fsp3) is 0.556. The molecule has 0 bridgehead atoms. The zero-order valence-electron chi connectivity index (χ0n) is 14.7. The van der Waals surface area contributed by atoms with Crippen molar-refractivity contribution in [2.24, 2.45) is 10.9 Å². The number of nitrogens with zero attached hydrogens (tertiary/aromatic N) is 2. The molecule has 2 rings (SSSR count). The summed E-state index contributed by atoms with van der Waals surface area (Å²) < 4.78 is 19.4. The molecule has 1 N–H and O–H groups in total. The van der Waals surface area contributed by atoms with E-state index in [1.54, 1.807) is 6.07 Å². The van der Waals surface area contributed by atoms with Crippen molar-refractivity contribution in [3.8, 4) is 0 Å². The van der Waals surface area contributed by atoms with Gasteiger partial charge < -0.3 is 15.0 Å². The van der Waals surface area contributed by atoms with Gasteiger partial charge in [0.05, 0.1) is 19.1 Å². The van der Waals surface area contributed by atoms with Crippen LogP contribution < -0.4 is 5.32 Å². The molecule has 0 saturated carbocycles.